The molecule has 0 aromatic carbocycles. The van der Waals surface area contributed by atoms with E-state index < -0.39 is 5.91 Å². The van der Waals surface area contributed by atoms with Gasteiger partial charge in [-0.3, -0.25) is 19.8 Å². The van der Waals surface area contributed by atoms with Gasteiger partial charge in [0.05, 0.1) is 12.8 Å². The third-order valence-corrected chi connectivity index (χ3v) is 3.77. The minimum atomic E-state index is -0.499. The molecule has 0 radical (unpaired) electrons. The number of carbonyl (C=O) groups excluding carboxylic acids is 2. The molecule has 1 aromatic rings. The Labute approximate surface area is 118 Å². The summed E-state index contributed by atoms with van der Waals surface area (Å²) in [6.07, 6.45) is 3.29. The van der Waals surface area contributed by atoms with Crippen LogP contribution in [0, 0.1) is 5.92 Å². The Hall–Kier alpha value is -1.66. The van der Waals surface area contributed by atoms with E-state index in [9.17, 15) is 9.59 Å². The van der Waals surface area contributed by atoms with E-state index in [1.807, 2.05) is 4.90 Å². The van der Waals surface area contributed by atoms with Crippen LogP contribution < -0.4 is 11.1 Å². The zero-order valence-corrected chi connectivity index (χ0v) is 11.7. The number of amides is 2. The van der Waals surface area contributed by atoms with Crippen molar-refractivity contribution in [2.45, 2.75) is 25.8 Å². The zero-order valence-electron chi connectivity index (χ0n) is 11.7. The molecule has 0 bridgehead atoms. The SMILES string of the molecule is CCC1CN(CC(=O)NC(=O)c2ccco2)CCC1N. The summed E-state index contributed by atoms with van der Waals surface area (Å²) in [6.45, 7) is 3.92. The maximum absolute atomic E-state index is 11.8. The molecular weight excluding hydrogens is 258 g/mol. The molecule has 6 heteroatoms. The predicted molar refractivity (Wildman–Crippen MR) is 74.0 cm³/mol. The Morgan fingerprint density at radius 1 is 1.55 bits per heavy atom. The van der Waals surface area contributed by atoms with E-state index in [0.29, 0.717) is 5.92 Å². The van der Waals surface area contributed by atoms with Crippen LogP contribution in [-0.4, -0.2) is 42.4 Å². The Morgan fingerprint density at radius 2 is 2.35 bits per heavy atom. The summed E-state index contributed by atoms with van der Waals surface area (Å²) in [6, 6.07) is 3.34. The van der Waals surface area contributed by atoms with Crippen molar-refractivity contribution in [2.75, 3.05) is 19.6 Å². The second-order valence-electron chi connectivity index (χ2n) is 5.21. The summed E-state index contributed by atoms with van der Waals surface area (Å²) in [5, 5.41) is 2.33. The first kappa shape index (κ1) is 14.7. The molecule has 110 valence electrons. The van der Waals surface area contributed by atoms with Crippen LogP contribution >= 0.6 is 0 Å². The molecule has 6 nitrogen and oxygen atoms in total. The highest BCUT2D eigenvalue weighted by Gasteiger charge is 2.26. The minimum absolute atomic E-state index is 0.144. The molecule has 0 saturated carbocycles. The first-order valence-corrected chi connectivity index (χ1v) is 6.95. The predicted octanol–water partition coefficient (Wildman–Crippen LogP) is 0.595. The number of imide groups is 1. The number of hydrogen-bond donors (Lipinski definition) is 2. The summed E-state index contributed by atoms with van der Waals surface area (Å²) in [5.74, 6) is -0.250. The van der Waals surface area contributed by atoms with Gasteiger partial charge in [-0.1, -0.05) is 13.3 Å². The van der Waals surface area contributed by atoms with Gasteiger partial charge in [0.15, 0.2) is 5.76 Å². The second-order valence-corrected chi connectivity index (χ2v) is 5.21. The molecule has 3 N–H and O–H groups in total. The molecule has 2 unspecified atom stereocenters. The van der Waals surface area contributed by atoms with Gasteiger partial charge in [0.25, 0.3) is 5.91 Å². The van der Waals surface area contributed by atoms with Crippen LogP contribution in [0.3, 0.4) is 0 Å². The molecule has 20 heavy (non-hydrogen) atoms. The topological polar surface area (TPSA) is 88.6 Å². The maximum atomic E-state index is 11.8. The summed E-state index contributed by atoms with van der Waals surface area (Å²) < 4.78 is 4.94. The molecule has 0 aliphatic carbocycles. The number of hydrogen-bond acceptors (Lipinski definition) is 5. The van der Waals surface area contributed by atoms with Crippen molar-refractivity contribution in [3.63, 3.8) is 0 Å². The van der Waals surface area contributed by atoms with E-state index in [-0.39, 0.29) is 24.3 Å². The average molecular weight is 279 g/mol. The summed E-state index contributed by atoms with van der Waals surface area (Å²) in [4.78, 5) is 25.6. The van der Waals surface area contributed by atoms with Crippen LogP contribution in [0.4, 0.5) is 0 Å². The molecule has 1 aliphatic rings. The molecule has 1 fully saturated rings. The van der Waals surface area contributed by atoms with E-state index in [1.165, 1.54) is 12.3 Å². The highest BCUT2D eigenvalue weighted by atomic mass is 16.3. The average Bonchev–Trinajstić information content (AvgIpc) is 2.95. The number of piperidine rings is 1. The van der Waals surface area contributed by atoms with Crippen LogP contribution in [-0.2, 0) is 4.79 Å². The number of rotatable bonds is 4. The van der Waals surface area contributed by atoms with Gasteiger partial charge in [0.1, 0.15) is 0 Å². The van der Waals surface area contributed by atoms with Gasteiger partial charge in [0, 0.05) is 19.1 Å². The van der Waals surface area contributed by atoms with Crippen molar-refractivity contribution < 1.29 is 14.0 Å². The Morgan fingerprint density at radius 3 is 3.00 bits per heavy atom. The van der Waals surface area contributed by atoms with E-state index in [4.69, 9.17) is 10.2 Å². The molecular formula is C14H21N3O3. The minimum Gasteiger partial charge on any atom is -0.459 e. The number of furan rings is 1. The third-order valence-electron chi connectivity index (χ3n) is 3.77. The van der Waals surface area contributed by atoms with Gasteiger partial charge >= 0.3 is 0 Å². The Bertz CT molecular complexity index is 458. The number of nitrogens with two attached hydrogens (primary N) is 1. The van der Waals surface area contributed by atoms with Gasteiger partial charge in [-0.25, -0.2) is 0 Å². The molecule has 2 heterocycles. The summed E-state index contributed by atoms with van der Waals surface area (Å²) in [7, 11) is 0. The van der Waals surface area contributed by atoms with Crippen LogP contribution in [0.25, 0.3) is 0 Å². The van der Waals surface area contributed by atoms with Crippen molar-refractivity contribution in [3.8, 4) is 0 Å². The second kappa shape index (κ2) is 6.67. The molecule has 1 saturated heterocycles. The lowest BCUT2D eigenvalue weighted by Gasteiger charge is -2.35. The lowest BCUT2D eigenvalue weighted by Crippen LogP contribution is -2.50. The van der Waals surface area contributed by atoms with Gasteiger partial charge in [0.2, 0.25) is 5.91 Å². The van der Waals surface area contributed by atoms with E-state index in [2.05, 4.69) is 12.2 Å². The number of likely N-dealkylation sites (tertiary alicyclic amines) is 1. The Kier molecular flexibility index (Phi) is 4.92. The van der Waals surface area contributed by atoms with Crippen molar-refractivity contribution in [1.29, 1.82) is 0 Å². The third kappa shape index (κ3) is 3.68. The van der Waals surface area contributed by atoms with E-state index >= 15 is 0 Å². The molecule has 1 aliphatic heterocycles. The first-order valence-electron chi connectivity index (χ1n) is 6.95. The highest BCUT2D eigenvalue weighted by molar-refractivity contribution is 6.03. The van der Waals surface area contributed by atoms with Gasteiger partial charge in [-0.2, -0.15) is 0 Å². The fourth-order valence-corrected chi connectivity index (χ4v) is 2.54. The number of nitrogens with zero attached hydrogens (tertiary/aromatic N) is 1. The van der Waals surface area contributed by atoms with Crippen LogP contribution in [0.1, 0.15) is 30.3 Å². The van der Waals surface area contributed by atoms with Crippen LogP contribution in [0.15, 0.2) is 22.8 Å². The molecule has 0 spiro atoms. The maximum Gasteiger partial charge on any atom is 0.293 e. The van der Waals surface area contributed by atoms with Gasteiger partial charge in [-0.15, -0.1) is 0 Å². The van der Waals surface area contributed by atoms with E-state index in [0.717, 1.165) is 25.9 Å². The van der Waals surface area contributed by atoms with Crippen molar-refractivity contribution in [2.24, 2.45) is 11.7 Å². The quantitative estimate of drug-likeness (QED) is 0.842. The standard InChI is InChI=1S/C14H21N3O3/c1-2-10-8-17(6-5-11(10)15)9-13(18)16-14(19)12-4-3-7-20-12/h3-4,7,10-11H,2,5-6,8-9,15H2,1H3,(H,16,18,19). The Balaban J connectivity index is 1.81. The van der Waals surface area contributed by atoms with Gasteiger partial charge < -0.3 is 10.2 Å². The lowest BCUT2D eigenvalue weighted by molar-refractivity contribution is -0.121. The molecule has 2 atom stereocenters. The summed E-state index contributed by atoms with van der Waals surface area (Å²) in [5.41, 5.74) is 6.03. The highest BCUT2D eigenvalue weighted by Crippen LogP contribution is 2.18. The fraction of sp³-hybridized carbons (Fsp3) is 0.571. The first-order chi connectivity index (χ1) is 9.60. The van der Waals surface area contributed by atoms with Crippen molar-refractivity contribution >= 4 is 11.8 Å². The molecule has 2 rings (SSSR count). The zero-order chi connectivity index (χ0) is 14.5. The fourth-order valence-electron chi connectivity index (χ4n) is 2.54. The molecule has 1 aromatic heterocycles. The largest absolute Gasteiger partial charge is 0.459 e. The van der Waals surface area contributed by atoms with Crippen molar-refractivity contribution in [3.05, 3.63) is 24.2 Å². The van der Waals surface area contributed by atoms with Crippen molar-refractivity contribution in [1.82, 2.24) is 10.2 Å². The monoisotopic (exact) mass is 279 g/mol. The van der Waals surface area contributed by atoms with Crippen LogP contribution in [0.2, 0.25) is 0 Å². The molecule has 2 amide bonds. The number of nitrogens with one attached hydrogen (secondary N) is 1. The number of carbonyl (C=O) groups is 2. The van der Waals surface area contributed by atoms with Crippen LogP contribution in [0.5, 0.6) is 0 Å². The van der Waals surface area contributed by atoms with Gasteiger partial charge in [-0.05, 0) is 24.5 Å². The smallest absolute Gasteiger partial charge is 0.293 e. The normalized spacial score (nSPS) is 23.5. The summed E-state index contributed by atoms with van der Waals surface area (Å²) >= 11 is 0. The van der Waals surface area contributed by atoms with E-state index in [1.54, 1.807) is 6.07 Å². The lowest BCUT2D eigenvalue weighted by atomic mass is 9.91.